The Morgan fingerprint density at radius 1 is 1.22 bits per heavy atom. The monoisotopic (exact) mass is 264 g/mol. The van der Waals surface area contributed by atoms with E-state index in [0.29, 0.717) is 16.0 Å². The summed E-state index contributed by atoms with van der Waals surface area (Å²) in [7, 11) is 0. The Bertz CT molecular complexity index is 461. The summed E-state index contributed by atoms with van der Waals surface area (Å²) in [6, 6.07) is 7.29. The van der Waals surface area contributed by atoms with Crippen LogP contribution in [0.3, 0.4) is 0 Å². The molecule has 0 atom stereocenters. The average molecular weight is 265 g/mol. The molecule has 2 fully saturated rings. The van der Waals surface area contributed by atoms with Crippen molar-refractivity contribution in [1.82, 2.24) is 10.2 Å². The quantitative estimate of drug-likeness (QED) is 0.843. The number of benzene rings is 1. The lowest BCUT2D eigenvalue weighted by atomic mass is 9.72. The molecule has 3 rings (SSSR count). The van der Waals surface area contributed by atoms with E-state index in [1.165, 1.54) is 12.8 Å². The minimum atomic E-state index is 0.0738. The first kappa shape index (κ1) is 12.0. The number of likely N-dealkylation sites (tertiary alicyclic amines) is 1. The normalized spacial score (nSPS) is 21.7. The topological polar surface area (TPSA) is 32.3 Å². The Balaban J connectivity index is 1.68. The summed E-state index contributed by atoms with van der Waals surface area (Å²) in [5.74, 6) is 0.0738. The summed E-state index contributed by atoms with van der Waals surface area (Å²) < 4.78 is 0. The molecular weight excluding hydrogens is 248 g/mol. The largest absolute Gasteiger partial charge is 0.337 e. The molecule has 0 aliphatic carbocycles. The standard InChI is InChI=1S/C14H17ClN2O/c15-12-4-2-1-3-11(12)13(18)17-9-14(10-17)5-7-16-8-6-14/h1-4,16H,5-10H2. The molecular formula is C14H17ClN2O. The van der Waals surface area contributed by atoms with Crippen molar-refractivity contribution < 1.29 is 4.79 Å². The van der Waals surface area contributed by atoms with Gasteiger partial charge in [0.25, 0.3) is 5.91 Å². The maximum absolute atomic E-state index is 12.3. The first-order valence-electron chi connectivity index (χ1n) is 6.45. The molecule has 2 aliphatic heterocycles. The number of nitrogens with one attached hydrogen (secondary N) is 1. The number of carbonyl (C=O) groups is 1. The molecule has 3 nitrogen and oxygen atoms in total. The van der Waals surface area contributed by atoms with Gasteiger partial charge in [0.1, 0.15) is 0 Å². The number of rotatable bonds is 1. The van der Waals surface area contributed by atoms with E-state index in [-0.39, 0.29) is 5.91 Å². The molecule has 1 N–H and O–H groups in total. The lowest BCUT2D eigenvalue weighted by Crippen LogP contribution is -2.61. The minimum absolute atomic E-state index is 0.0738. The van der Waals surface area contributed by atoms with Crippen LogP contribution in [0.15, 0.2) is 24.3 Å². The van der Waals surface area contributed by atoms with Gasteiger partial charge < -0.3 is 10.2 Å². The Labute approximate surface area is 112 Å². The lowest BCUT2D eigenvalue weighted by Gasteiger charge is -2.52. The van der Waals surface area contributed by atoms with Gasteiger partial charge in [-0.2, -0.15) is 0 Å². The molecule has 18 heavy (non-hydrogen) atoms. The Kier molecular flexibility index (Phi) is 3.04. The van der Waals surface area contributed by atoms with Gasteiger partial charge in [0.15, 0.2) is 0 Å². The van der Waals surface area contributed by atoms with Crippen LogP contribution in [-0.2, 0) is 0 Å². The van der Waals surface area contributed by atoms with Gasteiger partial charge in [-0.3, -0.25) is 4.79 Å². The molecule has 0 unspecified atom stereocenters. The van der Waals surface area contributed by atoms with Crippen molar-refractivity contribution in [2.24, 2.45) is 5.41 Å². The fraction of sp³-hybridized carbons (Fsp3) is 0.500. The van der Waals surface area contributed by atoms with E-state index in [4.69, 9.17) is 11.6 Å². The number of piperidine rings is 1. The highest BCUT2D eigenvalue weighted by molar-refractivity contribution is 6.33. The highest BCUT2D eigenvalue weighted by Gasteiger charge is 2.45. The highest BCUT2D eigenvalue weighted by Crippen LogP contribution is 2.39. The van der Waals surface area contributed by atoms with Gasteiger partial charge in [-0.15, -0.1) is 0 Å². The van der Waals surface area contributed by atoms with Crippen LogP contribution in [0.25, 0.3) is 0 Å². The van der Waals surface area contributed by atoms with E-state index in [1.54, 1.807) is 12.1 Å². The Morgan fingerprint density at radius 3 is 2.56 bits per heavy atom. The maximum Gasteiger partial charge on any atom is 0.255 e. The SMILES string of the molecule is O=C(c1ccccc1Cl)N1CC2(CCNCC2)C1. The van der Waals surface area contributed by atoms with Gasteiger partial charge in [0.05, 0.1) is 10.6 Å². The molecule has 0 saturated carbocycles. The molecule has 0 bridgehead atoms. The van der Waals surface area contributed by atoms with E-state index in [1.807, 2.05) is 17.0 Å². The van der Waals surface area contributed by atoms with Gasteiger partial charge >= 0.3 is 0 Å². The van der Waals surface area contributed by atoms with E-state index in [0.717, 1.165) is 26.2 Å². The van der Waals surface area contributed by atoms with Gasteiger partial charge in [0.2, 0.25) is 0 Å². The predicted molar refractivity (Wildman–Crippen MR) is 71.9 cm³/mol. The van der Waals surface area contributed by atoms with Gasteiger partial charge in [-0.1, -0.05) is 23.7 Å². The van der Waals surface area contributed by atoms with E-state index < -0.39 is 0 Å². The van der Waals surface area contributed by atoms with Crippen LogP contribution in [0.2, 0.25) is 5.02 Å². The first-order chi connectivity index (χ1) is 8.70. The number of hydrogen-bond donors (Lipinski definition) is 1. The molecule has 1 spiro atoms. The molecule has 1 aromatic rings. The number of hydrogen-bond acceptors (Lipinski definition) is 2. The number of nitrogens with zero attached hydrogens (tertiary/aromatic N) is 1. The second-order valence-corrected chi connectivity index (χ2v) is 5.80. The molecule has 1 amide bonds. The minimum Gasteiger partial charge on any atom is -0.337 e. The fourth-order valence-corrected chi connectivity index (χ4v) is 3.20. The third-order valence-electron chi connectivity index (χ3n) is 4.11. The van der Waals surface area contributed by atoms with E-state index >= 15 is 0 Å². The van der Waals surface area contributed by atoms with Crippen LogP contribution in [-0.4, -0.2) is 37.0 Å². The van der Waals surface area contributed by atoms with Gasteiger partial charge in [-0.25, -0.2) is 0 Å². The predicted octanol–water partition coefficient (Wildman–Crippen LogP) is 2.17. The van der Waals surface area contributed by atoms with Crippen LogP contribution >= 0.6 is 11.6 Å². The summed E-state index contributed by atoms with van der Waals surface area (Å²) in [6.45, 7) is 3.93. The second kappa shape index (κ2) is 4.56. The molecule has 4 heteroatoms. The third kappa shape index (κ3) is 2.02. The summed E-state index contributed by atoms with van der Waals surface area (Å²) in [4.78, 5) is 14.2. The smallest absolute Gasteiger partial charge is 0.255 e. The lowest BCUT2D eigenvalue weighted by molar-refractivity contribution is -0.0113. The summed E-state index contributed by atoms with van der Waals surface area (Å²) in [5.41, 5.74) is 1.00. The fourth-order valence-electron chi connectivity index (χ4n) is 2.99. The Hall–Kier alpha value is -1.06. The summed E-state index contributed by atoms with van der Waals surface area (Å²) in [6.07, 6.45) is 2.36. The molecule has 2 aliphatic rings. The van der Waals surface area contributed by atoms with Crippen LogP contribution in [0.5, 0.6) is 0 Å². The zero-order valence-corrected chi connectivity index (χ0v) is 11.0. The van der Waals surface area contributed by atoms with Gasteiger partial charge in [0, 0.05) is 18.5 Å². The van der Waals surface area contributed by atoms with Crippen molar-refractivity contribution in [3.63, 3.8) is 0 Å². The zero-order chi connectivity index (χ0) is 12.6. The molecule has 2 heterocycles. The van der Waals surface area contributed by atoms with Crippen molar-refractivity contribution in [2.45, 2.75) is 12.8 Å². The van der Waals surface area contributed by atoms with Crippen molar-refractivity contribution in [3.05, 3.63) is 34.9 Å². The molecule has 96 valence electrons. The van der Waals surface area contributed by atoms with Crippen LogP contribution < -0.4 is 5.32 Å². The van der Waals surface area contributed by atoms with Crippen LogP contribution in [0.4, 0.5) is 0 Å². The second-order valence-electron chi connectivity index (χ2n) is 5.39. The van der Waals surface area contributed by atoms with Crippen molar-refractivity contribution in [2.75, 3.05) is 26.2 Å². The Morgan fingerprint density at radius 2 is 1.89 bits per heavy atom. The first-order valence-corrected chi connectivity index (χ1v) is 6.83. The molecule has 1 aromatic carbocycles. The highest BCUT2D eigenvalue weighted by atomic mass is 35.5. The van der Waals surface area contributed by atoms with E-state index in [9.17, 15) is 4.79 Å². The summed E-state index contributed by atoms with van der Waals surface area (Å²) >= 11 is 6.06. The summed E-state index contributed by atoms with van der Waals surface area (Å²) in [5, 5.41) is 3.92. The van der Waals surface area contributed by atoms with Crippen molar-refractivity contribution >= 4 is 17.5 Å². The third-order valence-corrected chi connectivity index (χ3v) is 4.44. The zero-order valence-electron chi connectivity index (χ0n) is 10.3. The number of halogens is 1. The van der Waals surface area contributed by atoms with Crippen LogP contribution in [0, 0.1) is 5.41 Å². The van der Waals surface area contributed by atoms with Crippen molar-refractivity contribution in [1.29, 1.82) is 0 Å². The number of carbonyl (C=O) groups excluding carboxylic acids is 1. The van der Waals surface area contributed by atoms with Crippen molar-refractivity contribution in [3.8, 4) is 0 Å². The molecule has 0 radical (unpaired) electrons. The maximum atomic E-state index is 12.3. The molecule has 2 saturated heterocycles. The van der Waals surface area contributed by atoms with E-state index in [2.05, 4.69) is 5.32 Å². The van der Waals surface area contributed by atoms with Gasteiger partial charge in [-0.05, 0) is 38.1 Å². The molecule has 0 aromatic heterocycles. The van der Waals surface area contributed by atoms with Crippen LogP contribution in [0.1, 0.15) is 23.2 Å². The number of amides is 1. The average Bonchev–Trinajstić information content (AvgIpc) is 2.37.